The maximum Gasteiger partial charge on any atom is 0.137 e. The molecule has 0 saturated heterocycles. The Bertz CT molecular complexity index is 692. The van der Waals surface area contributed by atoms with E-state index in [0.717, 1.165) is 36.5 Å². The smallest absolute Gasteiger partial charge is 0.137 e. The molecule has 0 bridgehead atoms. The molecule has 2 nitrogen and oxygen atoms in total. The van der Waals surface area contributed by atoms with Crippen molar-refractivity contribution in [1.82, 2.24) is 4.98 Å². The Hall–Kier alpha value is -2.27. The van der Waals surface area contributed by atoms with E-state index in [9.17, 15) is 0 Å². The van der Waals surface area contributed by atoms with E-state index in [1.165, 1.54) is 50.5 Å². The van der Waals surface area contributed by atoms with Gasteiger partial charge in [-0.1, -0.05) is 70.4 Å². The first-order valence-electron chi connectivity index (χ1n) is 10.5. The van der Waals surface area contributed by atoms with Gasteiger partial charge >= 0.3 is 0 Å². The zero-order chi connectivity index (χ0) is 19.2. The lowest BCUT2D eigenvalue weighted by molar-refractivity contribution is 0.308. The van der Waals surface area contributed by atoms with Crippen molar-refractivity contribution in [2.24, 2.45) is 0 Å². The summed E-state index contributed by atoms with van der Waals surface area (Å²) in [5.41, 5.74) is 3.21. The fraction of sp³-hybridized carbons (Fsp3) is 0.480. The molecule has 0 saturated carbocycles. The minimum atomic E-state index is 0.744. The highest BCUT2D eigenvalue weighted by molar-refractivity contribution is 5.41. The van der Waals surface area contributed by atoms with Gasteiger partial charge in [-0.2, -0.15) is 0 Å². The second kappa shape index (κ2) is 13.0. The third-order valence-corrected chi connectivity index (χ3v) is 4.61. The van der Waals surface area contributed by atoms with Gasteiger partial charge < -0.3 is 4.74 Å². The molecule has 0 fully saturated rings. The number of ether oxygens (including phenoxy) is 1. The van der Waals surface area contributed by atoms with E-state index in [4.69, 9.17) is 4.74 Å². The number of hydrogen-bond donors (Lipinski definition) is 0. The summed E-state index contributed by atoms with van der Waals surface area (Å²) in [5.74, 6) is 7.14. The number of aromatic nitrogens is 1. The Morgan fingerprint density at radius 3 is 2.22 bits per heavy atom. The molecule has 0 N–H and O–H groups in total. The molecule has 1 aromatic heterocycles. The van der Waals surface area contributed by atoms with Gasteiger partial charge in [-0.15, -0.1) is 0 Å². The van der Waals surface area contributed by atoms with E-state index in [1.807, 2.05) is 12.1 Å². The van der Waals surface area contributed by atoms with Gasteiger partial charge in [0.25, 0.3) is 0 Å². The molecule has 2 rings (SSSR count). The first-order chi connectivity index (χ1) is 13.3. The zero-order valence-corrected chi connectivity index (χ0v) is 17.0. The van der Waals surface area contributed by atoms with Crippen LogP contribution in [0.1, 0.15) is 82.0 Å². The molecule has 0 spiro atoms. The maximum atomic E-state index is 5.63. The fourth-order valence-corrected chi connectivity index (χ4v) is 2.87. The molecule has 0 unspecified atom stereocenters. The Balaban J connectivity index is 1.77. The quantitative estimate of drug-likeness (QED) is 0.333. The topological polar surface area (TPSA) is 22.1 Å². The number of benzene rings is 1. The van der Waals surface area contributed by atoms with Crippen LogP contribution in [0.25, 0.3) is 0 Å². The molecule has 0 atom stereocenters. The minimum Gasteiger partial charge on any atom is -0.492 e. The van der Waals surface area contributed by atoms with Crippen LogP contribution in [0.4, 0.5) is 0 Å². The van der Waals surface area contributed by atoms with Gasteiger partial charge in [0, 0.05) is 5.56 Å². The summed E-state index contributed by atoms with van der Waals surface area (Å²) >= 11 is 0. The molecule has 2 aromatic rings. The molecule has 0 amide bonds. The highest BCUT2D eigenvalue weighted by Gasteiger charge is 1.96. The molecule has 1 heterocycles. The van der Waals surface area contributed by atoms with Gasteiger partial charge in [0.05, 0.1) is 12.8 Å². The van der Waals surface area contributed by atoms with Crippen LogP contribution < -0.4 is 4.74 Å². The van der Waals surface area contributed by atoms with Crippen molar-refractivity contribution in [1.29, 1.82) is 0 Å². The Labute approximate surface area is 165 Å². The standard InChI is InChI=1S/C25H33NO/c1-3-5-7-8-9-10-11-22-12-14-23(15-13-22)16-17-24-18-19-25(21-26-24)27-20-6-4-2/h12-15,18-19,21H,3-11,20H2,1-2H3. The largest absolute Gasteiger partial charge is 0.492 e. The van der Waals surface area contributed by atoms with Gasteiger partial charge in [0.15, 0.2) is 0 Å². The number of rotatable bonds is 11. The summed E-state index contributed by atoms with van der Waals surface area (Å²) in [6.07, 6.45) is 13.2. The van der Waals surface area contributed by atoms with E-state index in [2.05, 4.69) is 54.9 Å². The van der Waals surface area contributed by atoms with Crippen LogP contribution in [0.3, 0.4) is 0 Å². The van der Waals surface area contributed by atoms with E-state index in [1.54, 1.807) is 6.20 Å². The Morgan fingerprint density at radius 2 is 1.52 bits per heavy atom. The lowest BCUT2D eigenvalue weighted by atomic mass is 10.0. The lowest BCUT2D eigenvalue weighted by Crippen LogP contribution is -1.97. The Kier molecular flexibility index (Phi) is 10.1. The van der Waals surface area contributed by atoms with Crippen molar-refractivity contribution in [2.45, 2.75) is 71.6 Å². The van der Waals surface area contributed by atoms with Gasteiger partial charge in [0.1, 0.15) is 11.4 Å². The van der Waals surface area contributed by atoms with E-state index >= 15 is 0 Å². The lowest BCUT2D eigenvalue weighted by Gasteiger charge is -2.03. The van der Waals surface area contributed by atoms with Gasteiger partial charge in [0.2, 0.25) is 0 Å². The third-order valence-electron chi connectivity index (χ3n) is 4.61. The van der Waals surface area contributed by atoms with E-state index < -0.39 is 0 Å². The summed E-state index contributed by atoms with van der Waals surface area (Å²) < 4.78 is 5.63. The van der Waals surface area contributed by atoms with Crippen molar-refractivity contribution in [3.63, 3.8) is 0 Å². The van der Waals surface area contributed by atoms with Gasteiger partial charge in [-0.25, -0.2) is 4.98 Å². The second-order valence-corrected chi connectivity index (χ2v) is 7.05. The molecule has 144 valence electrons. The molecule has 27 heavy (non-hydrogen) atoms. The third kappa shape index (κ3) is 8.78. The normalized spacial score (nSPS) is 10.3. The number of aryl methyl sites for hydroxylation is 1. The van der Waals surface area contributed by atoms with Crippen LogP contribution in [0.5, 0.6) is 5.75 Å². The van der Waals surface area contributed by atoms with Crippen LogP contribution in [0.2, 0.25) is 0 Å². The monoisotopic (exact) mass is 363 g/mol. The second-order valence-electron chi connectivity index (χ2n) is 7.05. The molecular weight excluding hydrogens is 330 g/mol. The van der Waals surface area contributed by atoms with Crippen molar-refractivity contribution >= 4 is 0 Å². The predicted molar refractivity (Wildman–Crippen MR) is 114 cm³/mol. The van der Waals surface area contributed by atoms with Crippen molar-refractivity contribution in [3.05, 3.63) is 59.4 Å². The van der Waals surface area contributed by atoms with Crippen LogP contribution >= 0.6 is 0 Å². The number of pyridine rings is 1. The highest BCUT2D eigenvalue weighted by atomic mass is 16.5. The van der Waals surface area contributed by atoms with Crippen LogP contribution in [0, 0.1) is 11.8 Å². The summed E-state index contributed by atoms with van der Waals surface area (Å²) in [5, 5.41) is 0. The molecule has 2 heteroatoms. The van der Waals surface area contributed by atoms with Crippen molar-refractivity contribution in [3.8, 4) is 17.6 Å². The molecule has 1 aromatic carbocycles. The molecule has 0 radical (unpaired) electrons. The van der Waals surface area contributed by atoms with Gasteiger partial charge in [-0.05, 0) is 55.0 Å². The minimum absolute atomic E-state index is 0.744. The van der Waals surface area contributed by atoms with E-state index in [-0.39, 0.29) is 0 Å². The predicted octanol–water partition coefficient (Wildman–Crippen LogP) is 6.56. The summed E-state index contributed by atoms with van der Waals surface area (Å²) in [7, 11) is 0. The molecular formula is C25H33NO. The first-order valence-corrected chi connectivity index (χ1v) is 10.5. The van der Waals surface area contributed by atoms with Crippen molar-refractivity contribution < 1.29 is 4.74 Å². The summed E-state index contributed by atoms with van der Waals surface area (Å²) in [4.78, 5) is 4.36. The van der Waals surface area contributed by atoms with Gasteiger partial charge in [-0.3, -0.25) is 0 Å². The van der Waals surface area contributed by atoms with E-state index in [0.29, 0.717) is 0 Å². The fourth-order valence-electron chi connectivity index (χ4n) is 2.87. The van der Waals surface area contributed by atoms with Crippen molar-refractivity contribution in [2.75, 3.05) is 6.61 Å². The highest BCUT2D eigenvalue weighted by Crippen LogP contribution is 2.12. The molecule has 0 aliphatic rings. The number of unbranched alkanes of at least 4 members (excludes halogenated alkanes) is 6. The summed E-state index contributed by atoms with van der Waals surface area (Å²) in [6, 6.07) is 12.5. The average molecular weight is 364 g/mol. The maximum absolute atomic E-state index is 5.63. The SMILES string of the molecule is CCCCCCCCc1ccc(C#Cc2ccc(OCCCC)cn2)cc1. The molecule has 0 aliphatic heterocycles. The summed E-state index contributed by atoms with van der Waals surface area (Å²) in [6.45, 7) is 5.16. The van der Waals surface area contributed by atoms with Crippen LogP contribution in [0.15, 0.2) is 42.6 Å². The molecule has 0 aliphatic carbocycles. The number of hydrogen-bond acceptors (Lipinski definition) is 2. The van der Waals surface area contributed by atoms with Crippen LogP contribution in [-0.4, -0.2) is 11.6 Å². The van der Waals surface area contributed by atoms with Crippen LogP contribution in [-0.2, 0) is 6.42 Å². The average Bonchev–Trinajstić information content (AvgIpc) is 2.71. The number of nitrogens with zero attached hydrogens (tertiary/aromatic N) is 1. The zero-order valence-electron chi connectivity index (χ0n) is 17.0. The Morgan fingerprint density at radius 1 is 0.778 bits per heavy atom. The first kappa shape index (κ1) is 21.0.